The van der Waals surface area contributed by atoms with Gasteiger partial charge in [-0.1, -0.05) is 12.1 Å². The molecule has 1 aromatic carbocycles. The molecule has 0 bridgehead atoms. The van der Waals surface area contributed by atoms with Crippen LogP contribution in [0.3, 0.4) is 0 Å². The van der Waals surface area contributed by atoms with Crippen LogP contribution in [0.25, 0.3) is 11.0 Å². The summed E-state index contributed by atoms with van der Waals surface area (Å²) >= 11 is 0. The van der Waals surface area contributed by atoms with Crippen molar-refractivity contribution in [3.63, 3.8) is 0 Å². The van der Waals surface area contributed by atoms with Gasteiger partial charge in [0.05, 0.1) is 0 Å². The molecule has 190 valence electrons. The predicted octanol–water partition coefficient (Wildman–Crippen LogP) is 1.94. The molecule has 0 unspecified atom stereocenters. The van der Waals surface area contributed by atoms with Gasteiger partial charge in [-0.2, -0.15) is 4.98 Å². The minimum Gasteiger partial charge on any atom is -0.331 e. The molecule has 5 rings (SSSR count). The quantitative estimate of drug-likeness (QED) is 0.522. The SMILES string of the molecule is CN(C)C(=O)N1CCN(Cc2cccc(Nc3ncc4ccc(=O)n(CCC5CNC5)c4n3)c2)CC1. The summed E-state index contributed by atoms with van der Waals surface area (Å²) in [5.74, 6) is 1.09. The predicted molar refractivity (Wildman–Crippen MR) is 140 cm³/mol. The molecule has 10 nitrogen and oxygen atoms in total. The van der Waals surface area contributed by atoms with E-state index in [0.717, 1.165) is 63.3 Å². The van der Waals surface area contributed by atoms with E-state index in [0.29, 0.717) is 24.1 Å². The van der Waals surface area contributed by atoms with E-state index in [2.05, 4.69) is 32.7 Å². The Morgan fingerprint density at radius 2 is 1.94 bits per heavy atom. The first-order chi connectivity index (χ1) is 17.5. The highest BCUT2D eigenvalue weighted by atomic mass is 16.2. The molecule has 0 radical (unpaired) electrons. The Bertz CT molecular complexity index is 1280. The van der Waals surface area contributed by atoms with Crippen LogP contribution >= 0.6 is 0 Å². The number of urea groups is 1. The third-order valence-corrected chi connectivity index (χ3v) is 6.96. The topological polar surface area (TPSA) is 98.6 Å². The molecule has 0 saturated carbocycles. The maximum atomic E-state index is 12.6. The molecule has 0 aliphatic carbocycles. The van der Waals surface area contributed by atoms with Gasteiger partial charge in [0, 0.05) is 76.7 Å². The zero-order chi connectivity index (χ0) is 25.1. The summed E-state index contributed by atoms with van der Waals surface area (Å²) in [6.07, 6.45) is 2.72. The van der Waals surface area contributed by atoms with Crippen molar-refractivity contribution < 1.29 is 4.79 Å². The fraction of sp³-hybridized carbons (Fsp3) is 0.462. The van der Waals surface area contributed by atoms with Crippen LogP contribution in [-0.2, 0) is 13.1 Å². The highest BCUT2D eigenvalue weighted by Crippen LogP contribution is 2.19. The Balaban J connectivity index is 1.26. The fourth-order valence-corrected chi connectivity index (χ4v) is 4.73. The molecule has 2 amide bonds. The maximum Gasteiger partial charge on any atom is 0.319 e. The average molecular weight is 491 g/mol. The number of anilines is 2. The number of rotatable bonds is 7. The Labute approximate surface area is 210 Å². The van der Waals surface area contributed by atoms with E-state index in [1.165, 1.54) is 5.56 Å². The lowest BCUT2D eigenvalue weighted by Gasteiger charge is -2.36. The zero-order valence-electron chi connectivity index (χ0n) is 21.0. The van der Waals surface area contributed by atoms with E-state index in [1.54, 1.807) is 41.9 Å². The van der Waals surface area contributed by atoms with E-state index < -0.39 is 0 Å². The smallest absolute Gasteiger partial charge is 0.319 e. The summed E-state index contributed by atoms with van der Waals surface area (Å²) in [5.41, 5.74) is 2.71. The van der Waals surface area contributed by atoms with Crippen molar-refractivity contribution in [3.8, 4) is 0 Å². The highest BCUT2D eigenvalue weighted by molar-refractivity contribution is 5.75. The van der Waals surface area contributed by atoms with Gasteiger partial charge in [-0.3, -0.25) is 14.3 Å². The zero-order valence-corrected chi connectivity index (χ0v) is 21.0. The number of nitrogens with one attached hydrogen (secondary N) is 2. The van der Waals surface area contributed by atoms with E-state index in [-0.39, 0.29) is 11.6 Å². The number of carbonyl (C=O) groups excluding carboxylic acids is 1. The van der Waals surface area contributed by atoms with Gasteiger partial charge < -0.3 is 20.4 Å². The summed E-state index contributed by atoms with van der Waals surface area (Å²) in [4.78, 5) is 39.8. The molecule has 2 saturated heterocycles. The molecule has 2 N–H and O–H groups in total. The third kappa shape index (κ3) is 5.50. The van der Waals surface area contributed by atoms with Gasteiger partial charge in [-0.25, -0.2) is 9.78 Å². The number of benzene rings is 1. The lowest BCUT2D eigenvalue weighted by molar-refractivity contribution is 0.120. The second kappa shape index (κ2) is 10.6. The maximum absolute atomic E-state index is 12.6. The van der Waals surface area contributed by atoms with Crippen molar-refractivity contribution in [1.82, 2.24) is 34.6 Å². The normalized spacial score (nSPS) is 16.7. The van der Waals surface area contributed by atoms with Crippen LogP contribution < -0.4 is 16.2 Å². The standard InChI is InChI=1S/C26H34N8O2/c1-31(2)26(36)33-12-10-32(11-13-33)18-19-4-3-5-22(14-19)29-25-28-17-21-6-7-23(35)34(24(21)30-25)9-8-20-15-27-16-20/h3-7,14,17,20,27H,8-13,15-16,18H2,1-2H3,(H,28,29,30). The van der Waals surface area contributed by atoms with E-state index in [1.807, 2.05) is 17.0 Å². The molecule has 10 heteroatoms. The van der Waals surface area contributed by atoms with E-state index in [9.17, 15) is 9.59 Å². The number of piperazine rings is 1. The second-order valence-electron chi connectivity index (χ2n) is 9.87. The van der Waals surface area contributed by atoms with Crippen molar-refractivity contribution in [2.24, 2.45) is 5.92 Å². The van der Waals surface area contributed by atoms with Crippen LogP contribution in [0.15, 0.2) is 47.4 Å². The minimum absolute atomic E-state index is 0.0335. The summed E-state index contributed by atoms with van der Waals surface area (Å²) < 4.78 is 1.76. The van der Waals surface area contributed by atoms with Gasteiger partial charge in [-0.15, -0.1) is 0 Å². The first kappa shape index (κ1) is 24.2. The molecule has 36 heavy (non-hydrogen) atoms. The molecule has 2 aliphatic rings. The van der Waals surface area contributed by atoms with Gasteiger partial charge in [0.1, 0.15) is 5.65 Å². The van der Waals surface area contributed by atoms with Gasteiger partial charge in [0.25, 0.3) is 5.56 Å². The molecule has 2 aromatic heterocycles. The second-order valence-corrected chi connectivity index (χ2v) is 9.87. The number of fused-ring (bicyclic) bond motifs is 1. The average Bonchev–Trinajstić information content (AvgIpc) is 2.84. The van der Waals surface area contributed by atoms with Crippen LogP contribution in [0.2, 0.25) is 0 Å². The molecule has 3 aromatic rings. The van der Waals surface area contributed by atoms with Crippen molar-refractivity contribution in [3.05, 3.63) is 58.5 Å². The summed E-state index contributed by atoms with van der Waals surface area (Å²) in [5, 5.41) is 7.45. The molecular weight excluding hydrogens is 456 g/mol. The van der Waals surface area contributed by atoms with Crippen LogP contribution in [-0.4, -0.2) is 88.6 Å². The van der Waals surface area contributed by atoms with Gasteiger partial charge in [0.2, 0.25) is 5.95 Å². The van der Waals surface area contributed by atoms with Crippen LogP contribution in [0.5, 0.6) is 0 Å². The molecule has 2 fully saturated rings. The Morgan fingerprint density at radius 3 is 2.67 bits per heavy atom. The molecule has 2 aliphatic heterocycles. The number of pyridine rings is 1. The number of aromatic nitrogens is 3. The van der Waals surface area contributed by atoms with Crippen molar-refractivity contribution in [2.75, 3.05) is 58.7 Å². The first-order valence-electron chi connectivity index (χ1n) is 12.6. The largest absolute Gasteiger partial charge is 0.331 e. The van der Waals surface area contributed by atoms with Crippen LogP contribution in [0.1, 0.15) is 12.0 Å². The third-order valence-electron chi connectivity index (χ3n) is 6.96. The van der Waals surface area contributed by atoms with Crippen molar-refractivity contribution in [1.29, 1.82) is 0 Å². The number of amides is 2. The van der Waals surface area contributed by atoms with Crippen molar-refractivity contribution in [2.45, 2.75) is 19.5 Å². The van der Waals surface area contributed by atoms with Gasteiger partial charge in [0.15, 0.2) is 0 Å². The number of hydrogen-bond donors (Lipinski definition) is 2. The fourth-order valence-electron chi connectivity index (χ4n) is 4.73. The first-order valence-corrected chi connectivity index (χ1v) is 12.6. The van der Waals surface area contributed by atoms with Gasteiger partial charge >= 0.3 is 6.03 Å². The molecular formula is C26H34N8O2. The Kier molecular flexibility index (Phi) is 7.15. The monoisotopic (exact) mass is 490 g/mol. The van der Waals surface area contributed by atoms with E-state index >= 15 is 0 Å². The molecule has 0 atom stereocenters. The van der Waals surface area contributed by atoms with Gasteiger partial charge in [-0.05, 0) is 49.2 Å². The number of nitrogens with zero attached hydrogens (tertiary/aromatic N) is 6. The minimum atomic E-state index is -0.0335. The summed E-state index contributed by atoms with van der Waals surface area (Å²) in [7, 11) is 3.58. The Morgan fingerprint density at radius 1 is 1.14 bits per heavy atom. The van der Waals surface area contributed by atoms with Crippen LogP contribution in [0, 0.1) is 5.92 Å². The summed E-state index contributed by atoms with van der Waals surface area (Å²) in [6.45, 7) is 6.66. The lowest BCUT2D eigenvalue weighted by Crippen LogP contribution is -2.51. The van der Waals surface area contributed by atoms with Crippen molar-refractivity contribution >= 4 is 28.7 Å². The Hall–Kier alpha value is -3.50. The van der Waals surface area contributed by atoms with Crippen LogP contribution in [0.4, 0.5) is 16.4 Å². The lowest BCUT2D eigenvalue weighted by atomic mass is 9.99. The number of carbonyl (C=O) groups is 1. The number of aryl methyl sites for hydroxylation is 1. The molecule has 4 heterocycles. The molecule has 0 spiro atoms. The summed E-state index contributed by atoms with van der Waals surface area (Å²) in [6, 6.07) is 11.7. The highest BCUT2D eigenvalue weighted by Gasteiger charge is 2.22. The number of hydrogen-bond acceptors (Lipinski definition) is 7. The van der Waals surface area contributed by atoms with E-state index in [4.69, 9.17) is 4.98 Å².